The Morgan fingerprint density at radius 1 is 1.25 bits per heavy atom. The quantitative estimate of drug-likeness (QED) is 0.915. The number of methoxy groups -OCH3 is 1. The number of para-hydroxylation sites is 1. The number of ether oxygens (including phenoxy) is 2. The fourth-order valence-electron chi connectivity index (χ4n) is 2.48. The molecule has 3 nitrogen and oxygen atoms in total. The third-order valence-corrected chi connectivity index (χ3v) is 3.51. The van der Waals surface area contributed by atoms with E-state index in [0.29, 0.717) is 12.0 Å². The summed E-state index contributed by atoms with van der Waals surface area (Å²) in [6.45, 7) is 0. The van der Waals surface area contributed by atoms with E-state index in [1.54, 1.807) is 12.1 Å². The highest BCUT2D eigenvalue weighted by Gasteiger charge is 2.30. The fourth-order valence-corrected chi connectivity index (χ4v) is 2.48. The summed E-state index contributed by atoms with van der Waals surface area (Å²) in [6.07, 6.45) is -0.667. The van der Waals surface area contributed by atoms with Gasteiger partial charge in [0.2, 0.25) is 0 Å². The summed E-state index contributed by atoms with van der Waals surface area (Å²) in [5.41, 5.74) is 1.68. The van der Waals surface area contributed by atoms with Gasteiger partial charge in [-0.25, -0.2) is 4.39 Å². The lowest BCUT2D eigenvalue weighted by Gasteiger charge is -2.31. The second-order valence-corrected chi connectivity index (χ2v) is 4.81. The molecule has 20 heavy (non-hydrogen) atoms. The molecule has 0 aromatic heterocycles. The minimum atomic E-state index is -0.667. The largest absolute Gasteiger partial charge is 0.494 e. The molecule has 0 radical (unpaired) electrons. The first-order valence-corrected chi connectivity index (χ1v) is 6.45. The molecule has 0 amide bonds. The van der Waals surface area contributed by atoms with Crippen LogP contribution in [0.1, 0.15) is 17.2 Å². The zero-order valence-corrected chi connectivity index (χ0v) is 11.0. The van der Waals surface area contributed by atoms with Crippen molar-refractivity contribution in [2.24, 2.45) is 0 Å². The van der Waals surface area contributed by atoms with E-state index in [1.807, 2.05) is 24.3 Å². The van der Waals surface area contributed by atoms with E-state index in [-0.39, 0.29) is 5.75 Å². The summed E-state index contributed by atoms with van der Waals surface area (Å²) >= 11 is 0. The second kappa shape index (κ2) is 5.13. The molecule has 4 heteroatoms. The monoisotopic (exact) mass is 274 g/mol. The first-order chi connectivity index (χ1) is 9.69. The van der Waals surface area contributed by atoms with Gasteiger partial charge < -0.3 is 14.6 Å². The van der Waals surface area contributed by atoms with Crippen molar-refractivity contribution in [2.75, 3.05) is 7.11 Å². The molecular weight excluding hydrogens is 259 g/mol. The number of fused-ring (bicyclic) bond motifs is 1. The minimum Gasteiger partial charge on any atom is -0.494 e. The van der Waals surface area contributed by atoms with E-state index in [0.717, 1.165) is 11.3 Å². The van der Waals surface area contributed by atoms with E-state index < -0.39 is 18.0 Å². The van der Waals surface area contributed by atoms with Crippen LogP contribution < -0.4 is 9.47 Å². The molecule has 2 atom stereocenters. The van der Waals surface area contributed by atoms with Crippen LogP contribution in [0.25, 0.3) is 0 Å². The molecule has 0 fully saturated rings. The maximum absolute atomic E-state index is 13.4. The van der Waals surface area contributed by atoms with Crippen LogP contribution >= 0.6 is 0 Å². The highest BCUT2D eigenvalue weighted by molar-refractivity contribution is 5.39. The van der Waals surface area contributed by atoms with Gasteiger partial charge in [0, 0.05) is 6.42 Å². The number of aliphatic hydroxyl groups is 1. The summed E-state index contributed by atoms with van der Waals surface area (Å²) in [7, 11) is 1.41. The predicted molar refractivity (Wildman–Crippen MR) is 72.5 cm³/mol. The van der Waals surface area contributed by atoms with Gasteiger partial charge in [-0.2, -0.15) is 0 Å². The van der Waals surface area contributed by atoms with Crippen LogP contribution in [0, 0.1) is 5.82 Å². The normalized spacial score (nSPS) is 20.9. The molecule has 0 saturated carbocycles. The SMILES string of the molecule is COc1cc(C2Oc3ccccc3CC2O)ccc1F. The van der Waals surface area contributed by atoms with E-state index in [2.05, 4.69) is 0 Å². The minimum absolute atomic E-state index is 0.150. The van der Waals surface area contributed by atoms with Gasteiger partial charge in [-0.3, -0.25) is 0 Å². The maximum Gasteiger partial charge on any atom is 0.165 e. The first-order valence-electron chi connectivity index (χ1n) is 6.45. The summed E-state index contributed by atoms with van der Waals surface area (Å²) in [6, 6.07) is 12.1. The topological polar surface area (TPSA) is 38.7 Å². The number of halogens is 1. The Hall–Kier alpha value is -2.07. The number of rotatable bonds is 2. The Balaban J connectivity index is 1.95. The molecule has 2 aromatic carbocycles. The standard InChI is InChI=1S/C16H15FO3/c1-19-15-9-11(6-7-12(15)17)16-13(18)8-10-4-2-3-5-14(10)20-16/h2-7,9,13,16,18H,8H2,1H3. The van der Waals surface area contributed by atoms with Crippen molar-refractivity contribution < 1.29 is 19.0 Å². The molecule has 1 aliphatic rings. The van der Waals surface area contributed by atoms with Gasteiger partial charge in [0.15, 0.2) is 11.6 Å². The van der Waals surface area contributed by atoms with Crippen LogP contribution in [-0.4, -0.2) is 18.3 Å². The Morgan fingerprint density at radius 2 is 2.05 bits per heavy atom. The van der Waals surface area contributed by atoms with Gasteiger partial charge in [0.05, 0.1) is 13.2 Å². The smallest absolute Gasteiger partial charge is 0.165 e. The zero-order chi connectivity index (χ0) is 14.1. The van der Waals surface area contributed by atoms with Crippen molar-refractivity contribution in [3.8, 4) is 11.5 Å². The fraction of sp³-hybridized carbons (Fsp3) is 0.250. The lowest BCUT2D eigenvalue weighted by Crippen LogP contribution is -2.30. The Kier molecular flexibility index (Phi) is 3.32. The number of benzene rings is 2. The molecular formula is C16H15FO3. The molecule has 2 unspecified atom stereocenters. The highest BCUT2D eigenvalue weighted by atomic mass is 19.1. The zero-order valence-electron chi connectivity index (χ0n) is 11.0. The Labute approximate surface area is 116 Å². The van der Waals surface area contributed by atoms with Crippen LogP contribution in [0.4, 0.5) is 4.39 Å². The number of hydrogen-bond donors (Lipinski definition) is 1. The number of hydrogen-bond acceptors (Lipinski definition) is 3. The van der Waals surface area contributed by atoms with Gasteiger partial charge in [-0.1, -0.05) is 24.3 Å². The molecule has 104 valence electrons. The van der Waals surface area contributed by atoms with Crippen LogP contribution in [0.2, 0.25) is 0 Å². The molecule has 3 rings (SSSR count). The van der Waals surface area contributed by atoms with Gasteiger partial charge in [0.25, 0.3) is 0 Å². The Morgan fingerprint density at radius 3 is 2.85 bits per heavy atom. The van der Waals surface area contributed by atoms with Crippen molar-refractivity contribution in [1.82, 2.24) is 0 Å². The molecule has 1 aliphatic heterocycles. The molecule has 0 bridgehead atoms. The summed E-state index contributed by atoms with van der Waals surface area (Å²) in [4.78, 5) is 0. The van der Waals surface area contributed by atoms with Gasteiger partial charge in [-0.05, 0) is 29.3 Å². The van der Waals surface area contributed by atoms with Crippen LogP contribution in [-0.2, 0) is 6.42 Å². The van der Waals surface area contributed by atoms with E-state index in [9.17, 15) is 9.50 Å². The van der Waals surface area contributed by atoms with Gasteiger partial charge in [-0.15, -0.1) is 0 Å². The average molecular weight is 274 g/mol. The van der Waals surface area contributed by atoms with Crippen LogP contribution in [0.3, 0.4) is 0 Å². The van der Waals surface area contributed by atoms with Crippen molar-refractivity contribution >= 4 is 0 Å². The third kappa shape index (κ3) is 2.23. The first kappa shape index (κ1) is 12.9. The molecule has 1 N–H and O–H groups in total. The van der Waals surface area contributed by atoms with Crippen molar-refractivity contribution in [1.29, 1.82) is 0 Å². The van der Waals surface area contributed by atoms with Gasteiger partial charge >= 0.3 is 0 Å². The van der Waals surface area contributed by atoms with E-state index in [1.165, 1.54) is 13.2 Å². The summed E-state index contributed by atoms with van der Waals surface area (Å²) in [5, 5.41) is 10.2. The lowest BCUT2D eigenvalue weighted by atomic mass is 9.94. The predicted octanol–water partition coefficient (Wildman–Crippen LogP) is 2.87. The van der Waals surface area contributed by atoms with Crippen molar-refractivity contribution in [2.45, 2.75) is 18.6 Å². The lowest BCUT2D eigenvalue weighted by molar-refractivity contribution is 0.0207. The third-order valence-electron chi connectivity index (χ3n) is 3.51. The molecule has 0 aliphatic carbocycles. The molecule has 0 saturated heterocycles. The summed E-state index contributed by atoms with van der Waals surface area (Å²) in [5.74, 6) is 0.477. The van der Waals surface area contributed by atoms with Crippen molar-refractivity contribution in [3.05, 3.63) is 59.4 Å². The van der Waals surface area contributed by atoms with Crippen LogP contribution in [0.15, 0.2) is 42.5 Å². The van der Waals surface area contributed by atoms with Crippen LogP contribution in [0.5, 0.6) is 11.5 Å². The van der Waals surface area contributed by atoms with E-state index >= 15 is 0 Å². The number of aliphatic hydroxyl groups excluding tert-OH is 1. The Bertz CT molecular complexity index is 627. The maximum atomic E-state index is 13.4. The van der Waals surface area contributed by atoms with Gasteiger partial charge in [0.1, 0.15) is 11.9 Å². The second-order valence-electron chi connectivity index (χ2n) is 4.81. The molecule has 2 aromatic rings. The molecule has 1 heterocycles. The van der Waals surface area contributed by atoms with E-state index in [4.69, 9.17) is 9.47 Å². The summed E-state index contributed by atoms with van der Waals surface area (Å²) < 4.78 is 24.3. The highest BCUT2D eigenvalue weighted by Crippen LogP contribution is 2.36. The molecule has 0 spiro atoms. The van der Waals surface area contributed by atoms with Crippen molar-refractivity contribution in [3.63, 3.8) is 0 Å². The average Bonchev–Trinajstić information content (AvgIpc) is 2.47.